The molecule has 9 heteroatoms. The molecule has 23 heavy (non-hydrogen) atoms. The van der Waals surface area contributed by atoms with Crippen molar-refractivity contribution < 1.29 is 0 Å². The summed E-state index contributed by atoms with van der Waals surface area (Å²) in [5, 5.41) is 5.84. The topological polar surface area (TPSA) is 0 Å². The van der Waals surface area contributed by atoms with Crippen molar-refractivity contribution in [2.75, 3.05) is 0 Å². The van der Waals surface area contributed by atoms with Crippen molar-refractivity contribution >= 4 is 141 Å². The average Bonchev–Trinajstić information content (AvgIpc) is 2.53. The van der Waals surface area contributed by atoms with Gasteiger partial charge in [0.1, 0.15) is 70.6 Å². The van der Waals surface area contributed by atoms with E-state index in [1.54, 1.807) is 0 Å². The second kappa shape index (κ2) is 5.40. The molecule has 3 aromatic rings. The quantitative estimate of drug-likeness (QED) is 0.284. The minimum absolute atomic E-state index is 1.40. The number of hydrogen-bond acceptors (Lipinski definition) is 0. The van der Waals surface area contributed by atoms with Crippen LogP contribution in [0.15, 0.2) is 6.07 Å². The molecule has 0 saturated heterocycles. The third kappa shape index (κ3) is 2.12. The maximum Gasteiger partial charge on any atom is 0.140 e. The maximum absolute atomic E-state index is 2.41. The Labute approximate surface area is 147 Å². The summed E-state index contributed by atoms with van der Waals surface area (Å²) in [6, 6.07) is 2.41. The van der Waals surface area contributed by atoms with Gasteiger partial charge < -0.3 is 0 Å². The predicted octanol–water partition coefficient (Wildman–Crippen LogP) is -11.7. The van der Waals surface area contributed by atoms with E-state index in [4.69, 9.17) is 0 Å². The van der Waals surface area contributed by atoms with Crippen LogP contribution in [0.5, 0.6) is 0 Å². The summed E-state index contributed by atoms with van der Waals surface area (Å²) in [5.74, 6) is 0. The summed E-state index contributed by atoms with van der Waals surface area (Å²) in [5.41, 5.74) is 12.9. The Morgan fingerprint density at radius 3 is 1.30 bits per heavy atom. The molecule has 0 spiro atoms. The van der Waals surface area contributed by atoms with E-state index in [0.717, 1.165) is 0 Å². The van der Waals surface area contributed by atoms with Gasteiger partial charge in [-0.25, -0.2) is 0 Å². The monoisotopic (exact) mass is 286 g/mol. The summed E-state index contributed by atoms with van der Waals surface area (Å²) in [6.45, 7) is 0. The zero-order chi connectivity index (χ0) is 17.2. The van der Waals surface area contributed by atoms with Crippen LogP contribution in [0, 0.1) is 0 Å². The van der Waals surface area contributed by atoms with E-state index in [-0.39, 0.29) is 0 Å². The third-order valence-electron chi connectivity index (χ3n) is 6.43. The molecular weight excluding hydrogens is 265 g/mol. The van der Waals surface area contributed by atoms with Gasteiger partial charge in [0.25, 0.3) is 0 Å². The molecule has 0 radical (unpaired) electrons. The average molecular weight is 285 g/mol. The van der Waals surface area contributed by atoms with Crippen molar-refractivity contribution in [3.05, 3.63) is 6.07 Å². The summed E-state index contributed by atoms with van der Waals surface area (Å²) >= 11 is 0. The summed E-state index contributed by atoms with van der Waals surface area (Å²) in [6.07, 6.45) is 0. The molecular formula is C14H19B9. The van der Waals surface area contributed by atoms with E-state index in [1.165, 1.54) is 70.7 Å². The lowest BCUT2D eigenvalue weighted by Crippen LogP contribution is -2.51. The molecule has 0 aliphatic carbocycles. The lowest BCUT2D eigenvalue weighted by Gasteiger charge is -2.23. The number of fused-ring (bicyclic) bond motifs is 3. The molecule has 0 amide bonds. The van der Waals surface area contributed by atoms with Crippen LogP contribution in [-0.4, -0.2) is 70.6 Å². The summed E-state index contributed by atoms with van der Waals surface area (Å²) in [7, 11) is 20.5. The molecule has 0 heterocycles. The highest BCUT2D eigenvalue weighted by Gasteiger charge is 2.17. The van der Waals surface area contributed by atoms with Crippen molar-refractivity contribution in [2.24, 2.45) is 0 Å². The largest absolute Gasteiger partial charge is 0.140 e. The van der Waals surface area contributed by atoms with Gasteiger partial charge in [0.05, 0.1) is 0 Å². The molecule has 0 saturated carbocycles. The van der Waals surface area contributed by atoms with E-state index in [2.05, 4.69) is 76.7 Å². The van der Waals surface area contributed by atoms with Gasteiger partial charge in [-0.3, -0.25) is 0 Å². The van der Waals surface area contributed by atoms with Gasteiger partial charge in [0, 0.05) is 0 Å². The molecule has 3 rings (SSSR count). The minimum Gasteiger partial charge on any atom is -0.101 e. The predicted molar refractivity (Wildman–Crippen MR) is 135 cm³/mol. The van der Waals surface area contributed by atoms with E-state index < -0.39 is 0 Å². The zero-order valence-electron chi connectivity index (χ0n) is 16.1. The molecule has 0 unspecified atom stereocenters. The maximum atomic E-state index is 2.41. The van der Waals surface area contributed by atoms with E-state index >= 15 is 0 Å². The first-order valence-corrected chi connectivity index (χ1v) is 8.58. The number of rotatable bonds is 0. The van der Waals surface area contributed by atoms with Gasteiger partial charge in [-0.15, -0.1) is 21.9 Å². The van der Waals surface area contributed by atoms with Crippen LogP contribution in [-0.2, 0) is 0 Å². The molecule has 102 valence electrons. The Morgan fingerprint density at radius 1 is 0.391 bits per heavy atom. The Balaban J connectivity index is 2.80. The first-order chi connectivity index (χ1) is 10.7. The second-order valence-electron chi connectivity index (χ2n) is 7.37. The van der Waals surface area contributed by atoms with Gasteiger partial charge in [-0.05, 0) is 21.5 Å². The number of hydrogen-bond donors (Lipinski definition) is 0. The van der Waals surface area contributed by atoms with Crippen LogP contribution >= 0.6 is 0 Å². The smallest absolute Gasteiger partial charge is 0.101 e. The third-order valence-corrected chi connectivity index (χ3v) is 6.43. The fraction of sp³-hybridized carbons (Fsp3) is 0. The van der Waals surface area contributed by atoms with Crippen LogP contribution < -0.4 is 49.2 Å². The van der Waals surface area contributed by atoms with Gasteiger partial charge in [-0.2, -0.15) is 0 Å². The van der Waals surface area contributed by atoms with E-state index in [9.17, 15) is 0 Å². The van der Waals surface area contributed by atoms with Crippen molar-refractivity contribution in [3.63, 3.8) is 0 Å². The van der Waals surface area contributed by atoms with Crippen molar-refractivity contribution in [1.82, 2.24) is 0 Å². The van der Waals surface area contributed by atoms with E-state index in [0.29, 0.717) is 0 Å². The highest BCUT2D eigenvalue weighted by Crippen LogP contribution is 2.16. The molecule has 0 nitrogen and oxygen atoms in total. The fourth-order valence-corrected chi connectivity index (χ4v) is 4.25. The van der Waals surface area contributed by atoms with Crippen LogP contribution in [0.25, 0.3) is 21.5 Å². The van der Waals surface area contributed by atoms with Crippen molar-refractivity contribution in [2.45, 2.75) is 0 Å². The standard InChI is InChI=1S/C14H19B9/c15-3-1-2-4(8(17)12(21)11(20)7(2)16)6-5(3)9(18)13(22)14(23)10(6)19/h1H,15-23H2. The van der Waals surface area contributed by atoms with Gasteiger partial charge in [0.15, 0.2) is 0 Å². The Bertz CT molecular complexity index is 1010. The normalized spacial score (nSPS) is 11.3. The minimum atomic E-state index is 1.40. The Morgan fingerprint density at radius 2 is 0.783 bits per heavy atom. The molecule has 0 aliphatic heterocycles. The van der Waals surface area contributed by atoms with Crippen LogP contribution in [0.4, 0.5) is 0 Å². The molecule has 0 N–H and O–H groups in total. The molecule has 0 atom stereocenters. The van der Waals surface area contributed by atoms with Crippen LogP contribution in [0.2, 0.25) is 0 Å². The lowest BCUT2D eigenvalue weighted by atomic mass is 9.59. The second-order valence-corrected chi connectivity index (χ2v) is 7.37. The van der Waals surface area contributed by atoms with Gasteiger partial charge in [0.2, 0.25) is 0 Å². The first kappa shape index (κ1) is 16.6. The summed E-state index contributed by atoms with van der Waals surface area (Å²) in [4.78, 5) is 0. The SMILES string of the molecule is Bc1c(B)c(B)c2c(cc(B)c3c(B)c(B)c(B)c(B)c32)c1B. The van der Waals surface area contributed by atoms with Crippen LogP contribution in [0.1, 0.15) is 0 Å². The van der Waals surface area contributed by atoms with Gasteiger partial charge >= 0.3 is 0 Å². The number of benzene rings is 3. The summed E-state index contributed by atoms with van der Waals surface area (Å²) < 4.78 is 0. The highest BCUT2D eigenvalue weighted by atomic mass is 14.1. The fourth-order valence-electron chi connectivity index (χ4n) is 4.25. The molecule has 0 bridgehead atoms. The van der Waals surface area contributed by atoms with Crippen LogP contribution in [0.3, 0.4) is 0 Å². The van der Waals surface area contributed by atoms with Crippen molar-refractivity contribution in [1.29, 1.82) is 0 Å². The Hall–Kier alpha value is -1.24. The van der Waals surface area contributed by atoms with Crippen molar-refractivity contribution in [3.8, 4) is 0 Å². The molecule has 0 aromatic heterocycles. The first-order valence-electron chi connectivity index (χ1n) is 8.58. The highest BCUT2D eigenvalue weighted by molar-refractivity contribution is 6.72. The van der Waals surface area contributed by atoms with Gasteiger partial charge in [-0.1, -0.05) is 33.4 Å². The Kier molecular flexibility index (Phi) is 3.90. The molecule has 0 aliphatic rings. The zero-order valence-corrected chi connectivity index (χ0v) is 16.1. The lowest BCUT2D eigenvalue weighted by molar-refractivity contribution is 2.02. The van der Waals surface area contributed by atoms with E-state index in [1.807, 2.05) is 0 Å². The molecule has 0 fully saturated rings. The molecule has 3 aromatic carbocycles.